The number of nitrogens with one attached hydrogen (secondary N) is 1. The molecule has 0 aliphatic rings. The maximum Gasteiger partial charge on any atom is 0.310 e. The molecule has 0 fully saturated rings. The molecular formula is C21H25NO7. The fourth-order valence-corrected chi connectivity index (χ4v) is 2.60. The van der Waals surface area contributed by atoms with Crippen molar-refractivity contribution in [3.8, 4) is 23.0 Å². The number of hydrogen-bond acceptors (Lipinski definition) is 7. The zero-order valence-electron chi connectivity index (χ0n) is 16.9. The van der Waals surface area contributed by atoms with E-state index in [9.17, 15) is 9.59 Å². The number of benzene rings is 2. The molecule has 0 aliphatic carbocycles. The van der Waals surface area contributed by atoms with Gasteiger partial charge in [-0.1, -0.05) is 12.1 Å². The minimum absolute atomic E-state index is 0.0172. The lowest BCUT2D eigenvalue weighted by Gasteiger charge is -2.11. The molecule has 2 rings (SSSR count). The summed E-state index contributed by atoms with van der Waals surface area (Å²) in [6.45, 7) is -0.0914. The molecule has 1 N–H and O–H groups in total. The predicted molar refractivity (Wildman–Crippen MR) is 106 cm³/mol. The number of carbonyl (C=O) groups excluding carboxylic acids is 2. The van der Waals surface area contributed by atoms with E-state index in [1.54, 1.807) is 37.4 Å². The first-order chi connectivity index (χ1) is 14.0. The first-order valence-electron chi connectivity index (χ1n) is 8.84. The van der Waals surface area contributed by atoms with Crippen LogP contribution >= 0.6 is 0 Å². The van der Waals surface area contributed by atoms with E-state index in [0.717, 1.165) is 5.56 Å². The second kappa shape index (κ2) is 10.8. The van der Waals surface area contributed by atoms with Crippen LogP contribution in [0.5, 0.6) is 23.0 Å². The first kappa shape index (κ1) is 21.9. The van der Waals surface area contributed by atoms with Crippen LogP contribution in [0, 0.1) is 0 Å². The van der Waals surface area contributed by atoms with Gasteiger partial charge in [-0.2, -0.15) is 0 Å². The van der Waals surface area contributed by atoms with E-state index in [0.29, 0.717) is 28.6 Å². The van der Waals surface area contributed by atoms with Crippen LogP contribution in [0.2, 0.25) is 0 Å². The van der Waals surface area contributed by atoms with E-state index < -0.39 is 11.9 Å². The summed E-state index contributed by atoms with van der Waals surface area (Å²) in [7, 11) is 6.14. The largest absolute Gasteiger partial charge is 0.493 e. The molecule has 1 amide bonds. The molecule has 156 valence electrons. The minimum atomic E-state index is -0.515. The lowest BCUT2D eigenvalue weighted by Crippen LogP contribution is -2.28. The maximum atomic E-state index is 12.0. The van der Waals surface area contributed by atoms with Gasteiger partial charge in [-0.3, -0.25) is 9.59 Å². The molecule has 0 atom stereocenters. The van der Waals surface area contributed by atoms with Crippen molar-refractivity contribution in [2.24, 2.45) is 0 Å². The molecule has 0 bridgehead atoms. The Labute approximate surface area is 169 Å². The molecule has 2 aromatic rings. The Bertz CT molecular complexity index is 851. The quantitative estimate of drug-likeness (QED) is 0.608. The molecule has 8 nitrogen and oxygen atoms in total. The van der Waals surface area contributed by atoms with Crippen LogP contribution in [0.15, 0.2) is 36.4 Å². The van der Waals surface area contributed by atoms with Crippen LogP contribution in [0.1, 0.15) is 11.1 Å². The van der Waals surface area contributed by atoms with E-state index in [-0.39, 0.29) is 19.6 Å². The van der Waals surface area contributed by atoms with Gasteiger partial charge >= 0.3 is 5.97 Å². The lowest BCUT2D eigenvalue weighted by atomic mass is 10.1. The second-order valence-corrected chi connectivity index (χ2v) is 5.99. The Kier molecular flexibility index (Phi) is 8.14. The summed E-state index contributed by atoms with van der Waals surface area (Å²) in [6.07, 6.45) is 0.0172. The zero-order valence-corrected chi connectivity index (χ0v) is 16.9. The smallest absolute Gasteiger partial charge is 0.310 e. The SMILES string of the molecule is COc1ccc(CNC(=O)COC(=O)Cc2ccc(OC)c(OC)c2)cc1OC. The highest BCUT2D eigenvalue weighted by Gasteiger charge is 2.12. The molecule has 29 heavy (non-hydrogen) atoms. The van der Waals surface area contributed by atoms with Crippen molar-refractivity contribution in [2.45, 2.75) is 13.0 Å². The predicted octanol–water partition coefficient (Wildman–Crippen LogP) is 2.12. The van der Waals surface area contributed by atoms with Gasteiger partial charge in [0.25, 0.3) is 5.91 Å². The van der Waals surface area contributed by atoms with E-state index in [2.05, 4.69) is 5.32 Å². The molecule has 0 heterocycles. The van der Waals surface area contributed by atoms with Gasteiger partial charge in [0, 0.05) is 6.54 Å². The van der Waals surface area contributed by atoms with E-state index in [1.807, 2.05) is 6.07 Å². The van der Waals surface area contributed by atoms with Crippen LogP contribution in [-0.2, 0) is 27.3 Å². The molecular weight excluding hydrogens is 378 g/mol. The number of amides is 1. The number of carbonyl (C=O) groups is 2. The Morgan fingerprint density at radius 1 is 0.759 bits per heavy atom. The molecule has 0 aromatic heterocycles. The van der Waals surface area contributed by atoms with Gasteiger partial charge in [0.1, 0.15) is 0 Å². The van der Waals surface area contributed by atoms with Gasteiger partial charge < -0.3 is 29.0 Å². The monoisotopic (exact) mass is 403 g/mol. The molecule has 0 spiro atoms. The molecule has 0 radical (unpaired) electrons. The first-order valence-corrected chi connectivity index (χ1v) is 8.84. The summed E-state index contributed by atoms with van der Waals surface area (Å²) >= 11 is 0. The summed E-state index contributed by atoms with van der Waals surface area (Å²) in [5, 5.41) is 2.69. The zero-order chi connectivity index (χ0) is 21.2. The van der Waals surface area contributed by atoms with Crippen molar-refractivity contribution in [3.63, 3.8) is 0 Å². The summed E-state index contributed by atoms with van der Waals surface area (Å²) in [5.41, 5.74) is 1.52. The third kappa shape index (κ3) is 6.31. The number of rotatable bonds is 10. The summed E-state index contributed by atoms with van der Waals surface area (Å²) in [6, 6.07) is 10.5. The Balaban J connectivity index is 1.81. The fraction of sp³-hybridized carbons (Fsp3) is 0.333. The maximum absolute atomic E-state index is 12.0. The van der Waals surface area contributed by atoms with Crippen molar-refractivity contribution >= 4 is 11.9 Å². The average Bonchev–Trinajstić information content (AvgIpc) is 2.75. The standard InChI is InChI=1S/C21H25NO7/c1-25-16-7-5-14(9-18(16)27-3)11-21(24)29-13-20(23)22-12-15-6-8-17(26-2)19(10-15)28-4/h5-10H,11-13H2,1-4H3,(H,22,23). The van der Waals surface area contributed by atoms with E-state index >= 15 is 0 Å². The van der Waals surface area contributed by atoms with E-state index in [4.69, 9.17) is 23.7 Å². The van der Waals surface area contributed by atoms with Crippen molar-refractivity contribution in [1.82, 2.24) is 5.32 Å². The average molecular weight is 403 g/mol. The van der Waals surface area contributed by atoms with Crippen molar-refractivity contribution in [3.05, 3.63) is 47.5 Å². The molecule has 0 unspecified atom stereocenters. The molecule has 0 aliphatic heterocycles. The highest BCUT2D eigenvalue weighted by Crippen LogP contribution is 2.28. The number of methoxy groups -OCH3 is 4. The third-order valence-electron chi connectivity index (χ3n) is 4.10. The highest BCUT2D eigenvalue weighted by molar-refractivity contribution is 5.81. The van der Waals surface area contributed by atoms with Crippen LogP contribution in [0.3, 0.4) is 0 Å². The summed E-state index contributed by atoms with van der Waals surface area (Å²) in [4.78, 5) is 23.9. The Morgan fingerprint density at radius 3 is 1.83 bits per heavy atom. The number of hydrogen-bond donors (Lipinski definition) is 1. The van der Waals surface area contributed by atoms with Crippen LogP contribution in [0.4, 0.5) is 0 Å². The molecule has 0 saturated heterocycles. The van der Waals surface area contributed by atoms with Crippen LogP contribution in [-0.4, -0.2) is 46.9 Å². The number of ether oxygens (including phenoxy) is 5. The molecule has 8 heteroatoms. The normalized spacial score (nSPS) is 10.1. The Hall–Kier alpha value is -3.42. The second-order valence-electron chi connectivity index (χ2n) is 5.99. The van der Waals surface area contributed by atoms with E-state index in [1.165, 1.54) is 21.3 Å². The summed E-state index contributed by atoms with van der Waals surface area (Å²) in [5.74, 6) is 1.34. The van der Waals surface area contributed by atoms with Crippen molar-refractivity contribution in [2.75, 3.05) is 35.0 Å². The third-order valence-corrected chi connectivity index (χ3v) is 4.10. The van der Waals surface area contributed by atoms with Gasteiger partial charge in [-0.15, -0.1) is 0 Å². The van der Waals surface area contributed by atoms with Crippen LogP contribution in [0.25, 0.3) is 0 Å². The van der Waals surface area contributed by atoms with Gasteiger partial charge in [0.15, 0.2) is 29.6 Å². The topological polar surface area (TPSA) is 92.3 Å². The Morgan fingerprint density at radius 2 is 1.28 bits per heavy atom. The minimum Gasteiger partial charge on any atom is -0.493 e. The van der Waals surface area contributed by atoms with Gasteiger partial charge in [0.05, 0.1) is 34.9 Å². The summed E-state index contributed by atoms with van der Waals surface area (Å²) < 4.78 is 25.8. The molecule has 2 aromatic carbocycles. The number of esters is 1. The fourth-order valence-electron chi connectivity index (χ4n) is 2.60. The van der Waals surface area contributed by atoms with Crippen molar-refractivity contribution < 1.29 is 33.3 Å². The lowest BCUT2D eigenvalue weighted by molar-refractivity contribution is -0.147. The van der Waals surface area contributed by atoms with Crippen molar-refractivity contribution in [1.29, 1.82) is 0 Å². The van der Waals surface area contributed by atoms with Gasteiger partial charge in [-0.05, 0) is 35.4 Å². The van der Waals surface area contributed by atoms with Gasteiger partial charge in [-0.25, -0.2) is 0 Å². The molecule has 0 saturated carbocycles. The highest BCUT2D eigenvalue weighted by atomic mass is 16.5. The van der Waals surface area contributed by atoms with Gasteiger partial charge in [0.2, 0.25) is 0 Å². The van der Waals surface area contributed by atoms with Crippen LogP contribution < -0.4 is 24.3 Å².